The highest BCUT2D eigenvalue weighted by Gasteiger charge is 2.06. The summed E-state index contributed by atoms with van der Waals surface area (Å²) in [5.74, 6) is -0.658. The third-order valence-electron chi connectivity index (χ3n) is 2.75. The quantitative estimate of drug-likeness (QED) is 0.414. The first-order chi connectivity index (χ1) is 9.06. The number of carbonyl (C=O) groups is 2. The summed E-state index contributed by atoms with van der Waals surface area (Å²) >= 11 is 0. The van der Waals surface area contributed by atoms with Crippen molar-refractivity contribution in [2.45, 2.75) is 25.7 Å². The molecule has 0 bridgehead atoms. The zero-order chi connectivity index (χ0) is 14.5. The summed E-state index contributed by atoms with van der Waals surface area (Å²) in [5.41, 5.74) is 15.1. The lowest BCUT2D eigenvalue weighted by Crippen LogP contribution is -2.45. The van der Waals surface area contributed by atoms with Gasteiger partial charge in [0.2, 0.25) is 11.8 Å². The topological polar surface area (TPSA) is 127 Å². The molecule has 7 heteroatoms. The highest BCUT2D eigenvalue weighted by Crippen LogP contribution is 1.97. The third kappa shape index (κ3) is 13.1. The summed E-state index contributed by atoms with van der Waals surface area (Å²) < 4.78 is 0. The number of hydrogen-bond donors (Lipinski definition) is 4. The lowest BCUT2D eigenvalue weighted by atomic mass is 10.2. The van der Waals surface area contributed by atoms with E-state index in [9.17, 15) is 9.59 Å². The van der Waals surface area contributed by atoms with E-state index in [1.165, 1.54) is 0 Å². The normalized spacial score (nSPS) is 15.4. The first-order valence-corrected chi connectivity index (χ1v) is 6.76. The summed E-state index contributed by atoms with van der Waals surface area (Å²) in [6.45, 7) is 6.43. The van der Waals surface area contributed by atoms with Gasteiger partial charge < -0.3 is 22.5 Å². The van der Waals surface area contributed by atoms with Gasteiger partial charge in [-0.15, -0.1) is 0 Å². The van der Waals surface area contributed by atoms with Gasteiger partial charge in [-0.25, -0.2) is 0 Å². The van der Waals surface area contributed by atoms with Crippen molar-refractivity contribution in [3.8, 4) is 0 Å². The van der Waals surface area contributed by atoms with Gasteiger partial charge in [0, 0.05) is 52.1 Å². The number of carbonyl (C=O) groups excluding carboxylic acids is 2. The number of rotatable bonds is 7. The molecule has 1 rings (SSSR count). The number of unbranched alkanes of at least 4 members (excludes halogenated alkanes) is 1. The van der Waals surface area contributed by atoms with Crippen molar-refractivity contribution < 1.29 is 9.59 Å². The molecule has 2 amide bonds. The van der Waals surface area contributed by atoms with Crippen molar-refractivity contribution in [2.24, 2.45) is 17.2 Å². The fourth-order valence-corrected chi connectivity index (χ4v) is 1.72. The predicted octanol–water partition coefficient (Wildman–Crippen LogP) is -1.63. The molecule has 1 aliphatic heterocycles. The van der Waals surface area contributed by atoms with Gasteiger partial charge in [0.05, 0.1) is 0 Å². The van der Waals surface area contributed by atoms with Gasteiger partial charge in [-0.05, 0) is 12.8 Å². The van der Waals surface area contributed by atoms with Crippen molar-refractivity contribution in [3.05, 3.63) is 0 Å². The first kappa shape index (κ1) is 17.8. The van der Waals surface area contributed by atoms with Gasteiger partial charge in [0.15, 0.2) is 0 Å². The molecule has 0 atom stereocenters. The average molecular weight is 273 g/mol. The largest absolute Gasteiger partial charge is 0.370 e. The predicted molar refractivity (Wildman–Crippen MR) is 75.2 cm³/mol. The molecule has 0 radical (unpaired) electrons. The summed E-state index contributed by atoms with van der Waals surface area (Å²) in [6, 6.07) is 0. The van der Waals surface area contributed by atoms with Crippen LogP contribution in [0.15, 0.2) is 0 Å². The third-order valence-corrected chi connectivity index (χ3v) is 2.75. The van der Waals surface area contributed by atoms with E-state index < -0.39 is 0 Å². The molecule has 1 heterocycles. The van der Waals surface area contributed by atoms with Crippen LogP contribution < -0.4 is 22.5 Å². The van der Waals surface area contributed by atoms with E-state index in [0.29, 0.717) is 25.7 Å². The van der Waals surface area contributed by atoms with Crippen molar-refractivity contribution in [1.29, 1.82) is 0 Å². The maximum absolute atomic E-state index is 10.2. The minimum atomic E-state index is -0.329. The van der Waals surface area contributed by atoms with Gasteiger partial charge >= 0.3 is 0 Å². The van der Waals surface area contributed by atoms with Crippen LogP contribution in [-0.4, -0.2) is 56.0 Å². The Morgan fingerprint density at radius 3 is 1.84 bits per heavy atom. The van der Waals surface area contributed by atoms with E-state index in [1.54, 1.807) is 0 Å². The molecule has 0 aliphatic carbocycles. The highest BCUT2D eigenvalue weighted by atomic mass is 16.1. The van der Waals surface area contributed by atoms with Crippen molar-refractivity contribution in [2.75, 3.05) is 39.3 Å². The molecule has 7 N–H and O–H groups in total. The molecular formula is C12H27N5O2. The van der Waals surface area contributed by atoms with Gasteiger partial charge in [-0.1, -0.05) is 0 Å². The second kappa shape index (κ2) is 11.9. The number of piperazine rings is 1. The van der Waals surface area contributed by atoms with E-state index >= 15 is 0 Å². The Morgan fingerprint density at radius 1 is 1.00 bits per heavy atom. The Morgan fingerprint density at radius 2 is 1.47 bits per heavy atom. The molecule has 0 unspecified atom stereocenters. The lowest BCUT2D eigenvalue weighted by molar-refractivity contribution is -0.119. The van der Waals surface area contributed by atoms with Crippen molar-refractivity contribution >= 4 is 11.8 Å². The fraction of sp³-hybridized carbons (Fsp3) is 0.833. The van der Waals surface area contributed by atoms with E-state index in [1.807, 2.05) is 0 Å². The fourth-order valence-electron chi connectivity index (χ4n) is 1.72. The Bertz CT molecular complexity index is 236. The molecule has 0 spiro atoms. The van der Waals surface area contributed by atoms with Gasteiger partial charge in [-0.2, -0.15) is 0 Å². The number of nitrogens with one attached hydrogen (secondary N) is 1. The Hall–Kier alpha value is -1.18. The van der Waals surface area contributed by atoms with Crippen LogP contribution in [0, 0.1) is 0 Å². The second-order valence-electron chi connectivity index (χ2n) is 4.52. The van der Waals surface area contributed by atoms with Crippen LogP contribution in [0.25, 0.3) is 0 Å². The minimum Gasteiger partial charge on any atom is -0.370 e. The Kier molecular flexibility index (Phi) is 11.1. The van der Waals surface area contributed by atoms with Gasteiger partial charge in [-0.3, -0.25) is 14.5 Å². The molecule has 0 aromatic heterocycles. The number of amides is 2. The maximum Gasteiger partial charge on any atom is 0.217 e. The van der Waals surface area contributed by atoms with Gasteiger partial charge in [0.1, 0.15) is 0 Å². The lowest BCUT2D eigenvalue weighted by Gasteiger charge is -2.26. The second-order valence-corrected chi connectivity index (χ2v) is 4.52. The number of hydrogen-bond acceptors (Lipinski definition) is 5. The zero-order valence-corrected chi connectivity index (χ0v) is 11.6. The number of primary amides is 2. The van der Waals surface area contributed by atoms with Crippen LogP contribution in [0.3, 0.4) is 0 Å². The monoisotopic (exact) mass is 273 g/mol. The van der Waals surface area contributed by atoms with Crippen LogP contribution in [0.5, 0.6) is 0 Å². The van der Waals surface area contributed by atoms with Gasteiger partial charge in [0.25, 0.3) is 0 Å². The van der Waals surface area contributed by atoms with Crippen LogP contribution in [0.1, 0.15) is 25.7 Å². The van der Waals surface area contributed by atoms with E-state index in [0.717, 1.165) is 39.3 Å². The summed E-state index contributed by atoms with van der Waals surface area (Å²) in [6.07, 6.45) is 1.98. The van der Waals surface area contributed by atoms with E-state index in [4.69, 9.17) is 17.2 Å². The SMILES string of the molecule is NC(=O)CCCCC(N)=O.NCCN1CCNCC1. The summed E-state index contributed by atoms with van der Waals surface area (Å²) in [5, 5.41) is 3.29. The molecule has 19 heavy (non-hydrogen) atoms. The van der Waals surface area contributed by atoms with Crippen LogP contribution >= 0.6 is 0 Å². The average Bonchev–Trinajstić information content (AvgIpc) is 2.37. The molecule has 1 saturated heterocycles. The molecule has 7 nitrogen and oxygen atoms in total. The summed E-state index contributed by atoms with van der Waals surface area (Å²) in [7, 11) is 0. The Labute approximate surface area is 114 Å². The molecule has 0 saturated carbocycles. The zero-order valence-electron chi connectivity index (χ0n) is 11.6. The molecule has 112 valence electrons. The van der Waals surface area contributed by atoms with Crippen LogP contribution in [-0.2, 0) is 9.59 Å². The molecule has 1 fully saturated rings. The highest BCUT2D eigenvalue weighted by molar-refractivity contribution is 5.74. The minimum absolute atomic E-state index is 0.329. The molecule has 0 aromatic rings. The molecular weight excluding hydrogens is 246 g/mol. The van der Waals surface area contributed by atoms with Crippen molar-refractivity contribution in [1.82, 2.24) is 10.2 Å². The molecule has 0 aromatic carbocycles. The maximum atomic E-state index is 10.2. The Balaban J connectivity index is 0.000000342. The standard InChI is InChI=1S/C6H15N3.C6H12N2O2/c7-1-4-9-5-2-8-3-6-9;7-5(9)3-1-2-4-6(8)10/h8H,1-7H2;1-4H2,(H2,7,9)(H2,8,10). The van der Waals surface area contributed by atoms with E-state index in [-0.39, 0.29) is 11.8 Å². The number of nitrogens with two attached hydrogens (primary N) is 3. The molecule has 1 aliphatic rings. The van der Waals surface area contributed by atoms with Crippen molar-refractivity contribution in [3.63, 3.8) is 0 Å². The summed E-state index contributed by atoms with van der Waals surface area (Å²) in [4.78, 5) is 22.7. The van der Waals surface area contributed by atoms with E-state index in [2.05, 4.69) is 10.2 Å². The van der Waals surface area contributed by atoms with Crippen LogP contribution in [0.2, 0.25) is 0 Å². The van der Waals surface area contributed by atoms with Crippen LogP contribution in [0.4, 0.5) is 0 Å². The smallest absolute Gasteiger partial charge is 0.217 e. The first-order valence-electron chi connectivity index (χ1n) is 6.76. The number of nitrogens with zero attached hydrogens (tertiary/aromatic N) is 1.